The Morgan fingerprint density at radius 3 is 2.68 bits per heavy atom. The van der Waals surface area contributed by atoms with Crippen LogP contribution in [0.2, 0.25) is 0 Å². The monoisotopic (exact) mass is 385 g/mol. The Bertz CT molecular complexity index is 915. The van der Waals surface area contributed by atoms with E-state index in [4.69, 9.17) is 18.6 Å². The van der Waals surface area contributed by atoms with Gasteiger partial charge in [-0.2, -0.15) is 0 Å². The molecule has 1 atom stereocenters. The van der Waals surface area contributed by atoms with Crippen LogP contribution in [0.15, 0.2) is 39.5 Å². The predicted octanol–water partition coefficient (Wildman–Crippen LogP) is 2.62. The number of hydrogen-bond donors (Lipinski definition) is 1. The van der Waals surface area contributed by atoms with Gasteiger partial charge in [0.2, 0.25) is 0 Å². The summed E-state index contributed by atoms with van der Waals surface area (Å²) in [5, 5.41) is 2.85. The van der Waals surface area contributed by atoms with Gasteiger partial charge in [-0.3, -0.25) is 4.79 Å². The van der Waals surface area contributed by atoms with Gasteiger partial charge in [0.25, 0.3) is 5.91 Å². The predicted molar refractivity (Wildman–Crippen MR) is 101 cm³/mol. The van der Waals surface area contributed by atoms with E-state index in [1.54, 1.807) is 19.1 Å². The lowest BCUT2D eigenvalue weighted by Crippen LogP contribution is -2.35. The van der Waals surface area contributed by atoms with Crippen LogP contribution in [-0.4, -0.2) is 32.3 Å². The summed E-state index contributed by atoms with van der Waals surface area (Å²) < 4.78 is 22.3. The quantitative estimate of drug-likeness (QED) is 0.871. The number of benzene rings is 1. The third kappa shape index (κ3) is 3.89. The number of fused-ring (bicyclic) bond motifs is 1. The lowest BCUT2D eigenvalue weighted by Gasteiger charge is -2.25. The lowest BCUT2D eigenvalue weighted by molar-refractivity contribution is 0.0640. The molecule has 4 rings (SSSR count). The van der Waals surface area contributed by atoms with Gasteiger partial charge in [-0.05, 0) is 49.4 Å². The molecule has 28 heavy (non-hydrogen) atoms. The zero-order valence-electron chi connectivity index (χ0n) is 15.7. The van der Waals surface area contributed by atoms with Gasteiger partial charge in [-0.15, -0.1) is 0 Å². The van der Waals surface area contributed by atoms with Crippen molar-refractivity contribution in [2.75, 3.05) is 26.4 Å². The number of rotatable bonds is 4. The maximum atomic E-state index is 12.5. The van der Waals surface area contributed by atoms with Crippen molar-refractivity contribution >= 4 is 5.91 Å². The summed E-state index contributed by atoms with van der Waals surface area (Å²) in [5.41, 5.74) is -0.0759. The minimum Gasteiger partial charge on any atom is -0.485 e. The first kappa shape index (κ1) is 18.6. The Labute approximate surface area is 162 Å². The van der Waals surface area contributed by atoms with E-state index in [0.29, 0.717) is 48.5 Å². The van der Waals surface area contributed by atoms with Crippen molar-refractivity contribution in [3.05, 3.63) is 57.6 Å². The first-order valence-corrected chi connectivity index (χ1v) is 9.51. The average Bonchev–Trinajstić information content (AvgIpc) is 2.72. The van der Waals surface area contributed by atoms with Crippen molar-refractivity contribution in [2.24, 2.45) is 5.92 Å². The molecule has 0 aliphatic carbocycles. The molecule has 2 aliphatic rings. The third-order valence-corrected chi connectivity index (χ3v) is 5.11. The van der Waals surface area contributed by atoms with Crippen LogP contribution in [0.3, 0.4) is 0 Å². The van der Waals surface area contributed by atoms with Crippen molar-refractivity contribution in [3.63, 3.8) is 0 Å². The minimum absolute atomic E-state index is 0.0351. The molecule has 0 spiro atoms. The summed E-state index contributed by atoms with van der Waals surface area (Å²) >= 11 is 0. The highest BCUT2D eigenvalue weighted by Gasteiger charge is 2.27. The van der Waals surface area contributed by atoms with Gasteiger partial charge < -0.3 is 23.9 Å². The second-order valence-electron chi connectivity index (χ2n) is 7.12. The van der Waals surface area contributed by atoms with E-state index >= 15 is 0 Å². The standard InChI is InChI=1S/C21H23NO6/c1-13-10-17(18-12-26-15-4-2-3-5-16(15)27-18)28-21(24)19(13)20(23)22-11-14-6-8-25-9-7-14/h2-5,10,14,18H,6-9,11-12H2,1H3,(H,22,23). The van der Waals surface area contributed by atoms with Gasteiger partial charge in [0, 0.05) is 19.8 Å². The van der Waals surface area contributed by atoms with E-state index in [2.05, 4.69) is 5.32 Å². The summed E-state index contributed by atoms with van der Waals surface area (Å²) in [5.74, 6) is 1.56. The Kier molecular flexibility index (Phi) is 5.34. The molecule has 1 amide bonds. The fourth-order valence-corrected chi connectivity index (χ4v) is 3.50. The maximum absolute atomic E-state index is 12.5. The number of carbonyl (C=O) groups excluding carboxylic acids is 1. The highest BCUT2D eigenvalue weighted by Crippen LogP contribution is 2.35. The van der Waals surface area contributed by atoms with Crippen LogP contribution in [-0.2, 0) is 4.74 Å². The Morgan fingerprint density at radius 2 is 1.93 bits per heavy atom. The molecule has 2 aliphatic heterocycles. The number of nitrogens with one attached hydrogen (secondary N) is 1. The molecular weight excluding hydrogens is 362 g/mol. The van der Waals surface area contributed by atoms with E-state index in [1.807, 2.05) is 18.2 Å². The molecule has 7 heteroatoms. The fourth-order valence-electron chi connectivity index (χ4n) is 3.50. The van der Waals surface area contributed by atoms with Gasteiger partial charge in [-0.1, -0.05) is 12.1 Å². The summed E-state index contributed by atoms with van der Waals surface area (Å²) in [6, 6.07) is 8.99. The number of aryl methyl sites for hydroxylation is 1. The zero-order valence-corrected chi connectivity index (χ0v) is 15.7. The Balaban J connectivity index is 1.47. The molecule has 3 heterocycles. The first-order chi connectivity index (χ1) is 13.6. The molecule has 1 saturated heterocycles. The summed E-state index contributed by atoms with van der Waals surface area (Å²) in [7, 11) is 0. The Morgan fingerprint density at radius 1 is 1.18 bits per heavy atom. The van der Waals surface area contributed by atoms with Gasteiger partial charge >= 0.3 is 5.63 Å². The normalized spacial score (nSPS) is 19.2. The van der Waals surface area contributed by atoms with Crippen LogP contribution >= 0.6 is 0 Å². The van der Waals surface area contributed by atoms with Gasteiger partial charge in [0.15, 0.2) is 23.4 Å². The maximum Gasteiger partial charge on any atom is 0.349 e. The smallest absolute Gasteiger partial charge is 0.349 e. The second-order valence-corrected chi connectivity index (χ2v) is 7.12. The number of amides is 1. The molecule has 1 fully saturated rings. The van der Waals surface area contributed by atoms with Crippen molar-refractivity contribution in [1.82, 2.24) is 5.32 Å². The van der Waals surface area contributed by atoms with Crippen LogP contribution < -0.4 is 20.4 Å². The summed E-state index contributed by atoms with van der Waals surface area (Å²) in [6.45, 7) is 3.90. The average molecular weight is 385 g/mol. The van der Waals surface area contributed by atoms with E-state index in [9.17, 15) is 9.59 Å². The minimum atomic E-state index is -0.665. The van der Waals surface area contributed by atoms with Crippen LogP contribution in [0.4, 0.5) is 0 Å². The van der Waals surface area contributed by atoms with Crippen molar-refractivity contribution in [2.45, 2.75) is 25.9 Å². The SMILES string of the molecule is Cc1cc(C2COc3ccccc3O2)oc(=O)c1C(=O)NCC1CCOCC1. The molecule has 1 aromatic heterocycles. The molecule has 1 aromatic carbocycles. The molecule has 7 nitrogen and oxygen atoms in total. The van der Waals surface area contributed by atoms with Crippen LogP contribution in [0, 0.1) is 12.8 Å². The van der Waals surface area contributed by atoms with E-state index in [1.165, 1.54) is 0 Å². The van der Waals surface area contributed by atoms with Crippen molar-refractivity contribution < 1.29 is 23.4 Å². The van der Waals surface area contributed by atoms with Gasteiger partial charge in [0.05, 0.1) is 0 Å². The number of carbonyl (C=O) groups is 1. The van der Waals surface area contributed by atoms with Crippen LogP contribution in [0.1, 0.15) is 40.6 Å². The topological polar surface area (TPSA) is 87.0 Å². The molecular formula is C21H23NO6. The molecule has 2 aromatic rings. The molecule has 148 valence electrons. The third-order valence-electron chi connectivity index (χ3n) is 5.11. The summed E-state index contributed by atoms with van der Waals surface area (Å²) in [6.07, 6.45) is 1.28. The van der Waals surface area contributed by atoms with Gasteiger partial charge in [-0.25, -0.2) is 4.79 Å². The zero-order chi connectivity index (χ0) is 19.5. The molecule has 1 N–H and O–H groups in total. The van der Waals surface area contributed by atoms with Crippen molar-refractivity contribution in [1.29, 1.82) is 0 Å². The number of ether oxygens (including phenoxy) is 3. The van der Waals surface area contributed by atoms with E-state index < -0.39 is 17.6 Å². The van der Waals surface area contributed by atoms with E-state index in [-0.39, 0.29) is 12.2 Å². The number of hydrogen-bond acceptors (Lipinski definition) is 6. The van der Waals surface area contributed by atoms with Crippen molar-refractivity contribution in [3.8, 4) is 11.5 Å². The molecule has 0 saturated carbocycles. The van der Waals surface area contributed by atoms with Crippen LogP contribution in [0.25, 0.3) is 0 Å². The van der Waals surface area contributed by atoms with Crippen LogP contribution in [0.5, 0.6) is 11.5 Å². The summed E-state index contributed by atoms with van der Waals surface area (Å²) in [4.78, 5) is 25.0. The lowest BCUT2D eigenvalue weighted by atomic mass is 10.00. The number of para-hydroxylation sites is 2. The highest BCUT2D eigenvalue weighted by molar-refractivity contribution is 5.95. The largest absolute Gasteiger partial charge is 0.485 e. The highest BCUT2D eigenvalue weighted by atomic mass is 16.6. The fraction of sp³-hybridized carbons (Fsp3) is 0.429. The Hall–Kier alpha value is -2.80. The molecule has 0 bridgehead atoms. The molecule has 0 radical (unpaired) electrons. The second kappa shape index (κ2) is 8.06. The first-order valence-electron chi connectivity index (χ1n) is 9.51. The van der Waals surface area contributed by atoms with Gasteiger partial charge in [0.1, 0.15) is 12.2 Å². The van der Waals surface area contributed by atoms with E-state index in [0.717, 1.165) is 12.8 Å². The molecule has 1 unspecified atom stereocenters.